The summed E-state index contributed by atoms with van der Waals surface area (Å²) < 4.78 is 11.3. The molecule has 1 radical (unpaired) electrons. The molecule has 0 aliphatic heterocycles. The molecule has 1 aliphatic carbocycles. The van der Waals surface area contributed by atoms with Gasteiger partial charge in [0, 0.05) is 0 Å². The maximum Gasteiger partial charge on any atom is 0.134 e. The fourth-order valence-corrected chi connectivity index (χ4v) is 0.566. The second-order valence-corrected chi connectivity index (χ2v) is 1.82. The lowest BCUT2D eigenvalue weighted by molar-refractivity contribution is 0.302. The lowest BCUT2D eigenvalue weighted by atomic mass is 9.87. The minimum atomic E-state index is 0.324. The second-order valence-electron chi connectivity index (χ2n) is 1.82. The fourth-order valence-electron chi connectivity index (χ4n) is 0.566. The summed E-state index contributed by atoms with van der Waals surface area (Å²) in [5.41, 5.74) is 0. The maximum absolute atomic E-state index is 11.3. The van der Waals surface area contributed by atoms with E-state index in [0.717, 1.165) is 19.5 Å². The van der Waals surface area contributed by atoms with E-state index in [-0.39, 0.29) is 0 Å². The van der Waals surface area contributed by atoms with E-state index in [1.54, 1.807) is 0 Å². The third kappa shape index (κ3) is 0.537. The molecule has 1 saturated carbocycles. The smallest absolute Gasteiger partial charge is 0.134 e. The molecule has 0 heterocycles. The summed E-state index contributed by atoms with van der Waals surface area (Å²) in [7, 11) is 0. The Balaban J connectivity index is 2.01. The zero-order valence-electron chi connectivity index (χ0n) is 3.65. The van der Waals surface area contributed by atoms with Gasteiger partial charge in [-0.2, -0.15) is 0 Å². The molecule has 0 spiro atoms. The van der Waals surface area contributed by atoms with E-state index in [1.165, 1.54) is 6.42 Å². The minimum absolute atomic E-state index is 0.324. The Labute approximate surface area is 37.4 Å². The van der Waals surface area contributed by atoms with Gasteiger partial charge in [-0.1, -0.05) is 6.42 Å². The standard InChI is InChI=1S/C5H8F/c6-4-5-2-1-3-5/h4-5H,1-3H2. The van der Waals surface area contributed by atoms with Gasteiger partial charge < -0.3 is 0 Å². The molecule has 0 saturated heterocycles. The summed E-state index contributed by atoms with van der Waals surface area (Å²) in [6.07, 6.45) is 3.39. The van der Waals surface area contributed by atoms with Crippen molar-refractivity contribution in [3.63, 3.8) is 0 Å². The van der Waals surface area contributed by atoms with Gasteiger partial charge in [0.05, 0.1) is 0 Å². The van der Waals surface area contributed by atoms with Crippen molar-refractivity contribution < 1.29 is 4.39 Å². The van der Waals surface area contributed by atoms with E-state index < -0.39 is 0 Å². The summed E-state index contributed by atoms with van der Waals surface area (Å²) in [6, 6.07) is 0. The van der Waals surface area contributed by atoms with Gasteiger partial charge in [-0.25, -0.2) is 4.39 Å². The van der Waals surface area contributed by atoms with Crippen molar-refractivity contribution in [3.05, 3.63) is 6.67 Å². The topological polar surface area (TPSA) is 0 Å². The van der Waals surface area contributed by atoms with Crippen LogP contribution in [0.5, 0.6) is 0 Å². The van der Waals surface area contributed by atoms with Crippen LogP contribution < -0.4 is 0 Å². The van der Waals surface area contributed by atoms with E-state index in [9.17, 15) is 4.39 Å². The first-order valence-corrected chi connectivity index (χ1v) is 2.37. The summed E-state index contributed by atoms with van der Waals surface area (Å²) in [6.45, 7) is 0.809. The molecule has 0 amide bonds. The Kier molecular flexibility index (Phi) is 1.08. The third-order valence-corrected chi connectivity index (χ3v) is 1.33. The Bertz CT molecular complexity index is 36.4. The van der Waals surface area contributed by atoms with E-state index in [0.29, 0.717) is 5.92 Å². The molecule has 1 fully saturated rings. The van der Waals surface area contributed by atoms with Crippen molar-refractivity contribution in [3.8, 4) is 0 Å². The maximum atomic E-state index is 11.3. The Morgan fingerprint density at radius 2 is 2.17 bits per heavy atom. The number of rotatable bonds is 1. The average Bonchev–Trinajstić information content (AvgIpc) is 1.31. The van der Waals surface area contributed by atoms with Gasteiger partial charge in [-0.3, -0.25) is 0 Å². The number of halogens is 1. The Morgan fingerprint density at radius 1 is 1.50 bits per heavy atom. The second kappa shape index (κ2) is 1.59. The van der Waals surface area contributed by atoms with Crippen LogP contribution in [0.1, 0.15) is 19.3 Å². The van der Waals surface area contributed by atoms with Gasteiger partial charge in [0.25, 0.3) is 0 Å². The minimum Gasteiger partial charge on any atom is -0.244 e. The Morgan fingerprint density at radius 3 is 2.17 bits per heavy atom. The monoisotopic (exact) mass is 87.1 g/mol. The highest BCUT2D eigenvalue weighted by molar-refractivity contribution is 4.74. The van der Waals surface area contributed by atoms with Gasteiger partial charge in [-0.15, -0.1) is 0 Å². The first-order valence-electron chi connectivity index (χ1n) is 2.37. The molecule has 1 aliphatic rings. The zero-order chi connectivity index (χ0) is 4.41. The van der Waals surface area contributed by atoms with Crippen molar-refractivity contribution in [1.82, 2.24) is 0 Å². The summed E-state index contributed by atoms with van der Waals surface area (Å²) in [5.74, 6) is 0.324. The van der Waals surface area contributed by atoms with Gasteiger partial charge in [0.2, 0.25) is 0 Å². The van der Waals surface area contributed by atoms with Gasteiger partial charge >= 0.3 is 0 Å². The highest BCUT2D eigenvalue weighted by Crippen LogP contribution is 2.28. The van der Waals surface area contributed by atoms with Crippen molar-refractivity contribution in [2.24, 2.45) is 5.92 Å². The van der Waals surface area contributed by atoms with Crippen LogP contribution in [0.4, 0.5) is 4.39 Å². The summed E-state index contributed by atoms with van der Waals surface area (Å²) >= 11 is 0. The molecule has 1 heteroatoms. The van der Waals surface area contributed by atoms with E-state index in [4.69, 9.17) is 0 Å². The normalized spacial score (nSPS) is 23.5. The van der Waals surface area contributed by atoms with Gasteiger partial charge in [0.1, 0.15) is 6.67 Å². The molecule has 0 atom stereocenters. The lowest BCUT2D eigenvalue weighted by Gasteiger charge is -2.20. The average molecular weight is 87.1 g/mol. The Hall–Kier alpha value is -0.0700. The molecule has 0 N–H and O–H groups in total. The van der Waals surface area contributed by atoms with Crippen molar-refractivity contribution in [2.75, 3.05) is 0 Å². The third-order valence-electron chi connectivity index (χ3n) is 1.33. The van der Waals surface area contributed by atoms with Gasteiger partial charge in [-0.05, 0) is 18.8 Å². The fraction of sp³-hybridized carbons (Fsp3) is 0.800. The van der Waals surface area contributed by atoms with Crippen LogP contribution >= 0.6 is 0 Å². The number of hydrogen-bond donors (Lipinski definition) is 0. The highest BCUT2D eigenvalue weighted by Gasteiger charge is 2.16. The van der Waals surface area contributed by atoms with Gasteiger partial charge in [0.15, 0.2) is 0 Å². The lowest BCUT2D eigenvalue weighted by Crippen LogP contribution is -2.08. The van der Waals surface area contributed by atoms with Crippen molar-refractivity contribution >= 4 is 0 Å². The number of hydrogen-bond acceptors (Lipinski definition) is 0. The molecule has 0 aromatic carbocycles. The molecule has 0 unspecified atom stereocenters. The predicted octanol–water partition coefficient (Wildman–Crippen LogP) is 1.92. The van der Waals surface area contributed by atoms with E-state index in [1.807, 2.05) is 0 Å². The SMILES string of the molecule is F[CH]C1CCC1. The molecular formula is C5H8F. The van der Waals surface area contributed by atoms with Crippen LogP contribution in [-0.2, 0) is 0 Å². The van der Waals surface area contributed by atoms with Crippen molar-refractivity contribution in [2.45, 2.75) is 19.3 Å². The van der Waals surface area contributed by atoms with Crippen LogP contribution in [0.2, 0.25) is 0 Å². The molecule has 0 nitrogen and oxygen atoms in total. The molecular weight excluding hydrogens is 79.1 g/mol. The van der Waals surface area contributed by atoms with E-state index >= 15 is 0 Å². The zero-order valence-corrected chi connectivity index (χ0v) is 3.65. The van der Waals surface area contributed by atoms with Crippen LogP contribution in [0.3, 0.4) is 0 Å². The summed E-state index contributed by atoms with van der Waals surface area (Å²) in [5, 5.41) is 0. The molecule has 35 valence electrons. The van der Waals surface area contributed by atoms with Crippen LogP contribution in [-0.4, -0.2) is 0 Å². The molecule has 0 aromatic heterocycles. The summed E-state index contributed by atoms with van der Waals surface area (Å²) in [4.78, 5) is 0. The van der Waals surface area contributed by atoms with Crippen LogP contribution in [0, 0.1) is 12.6 Å². The predicted molar refractivity (Wildman–Crippen MR) is 22.7 cm³/mol. The molecule has 1 rings (SSSR count). The molecule has 0 aromatic rings. The van der Waals surface area contributed by atoms with Crippen LogP contribution in [0.15, 0.2) is 0 Å². The quantitative estimate of drug-likeness (QED) is 0.458. The highest BCUT2D eigenvalue weighted by atomic mass is 19.1. The molecule has 0 bridgehead atoms. The van der Waals surface area contributed by atoms with Crippen LogP contribution in [0.25, 0.3) is 0 Å². The molecule has 6 heavy (non-hydrogen) atoms. The van der Waals surface area contributed by atoms with Crippen molar-refractivity contribution in [1.29, 1.82) is 0 Å². The first kappa shape index (κ1) is 4.10. The largest absolute Gasteiger partial charge is 0.244 e. The van der Waals surface area contributed by atoms with E-state index in [2.05, 4.69) is 0 Å². The first-order chi connectivity index (χ1) is 2.93.